The third-order valence-corrected chi connectivity index (χ3v) is 6.08. The number of esters is 1. The van der Waals surface area contributed by atoms with Gasteiger partial charge in [-0.05, 0) is 36.6 Å². The van der Waals surface area contributed by atoms with Crippen molar-refractivity contribution in [3.63, 3.8) is 0 Å². The van der Waals surface area contributed by atoms with E-state index in [1.165, 1.54) is 36.3 Å². The number of carbonyl (C=O) groups is 2. The van der Waals surface area contributed by atoms with Crippen LogP contribution < -0.4 is 4.74 Å². The minimum Gasteiger partial charge on any atom is -0.491 e. The van der Waals surface area contributed by atoms with E-state index in [0.717, 1.165) is 6.07 Å². The summed E-state index contributed by atoms with van der Waals surface area (Å²) in [4.78, 5) is 26.9. The van der Waals surface area contributed by atoms with Gasteiger partial charge in [0.15, 0.2) is 0 Å². The van der Waals surface area contributed by atoms with Crippen molar-refractivity contribution in [2.45, 2.75) is 31.6 Å². The van der Waals surface area contributed by atoms with Crippen LogP contribution in [-0.4, -0.2) is 43.7 Å². The molecule has 1 unspecified atom stereocenters. The molecule has 0 aliphatic carbocycles. The summed E-state index contributed by atoms with van der Waals surface area (Å²) in [5.74, 6) is -0.779. The molecule has 2 aromatic carbocycles. The molecule has 0 bridgehead atoms. The van der Waals surface area contributed by atoms with Gasteiger partial charge >= 0.3 is 12.1 Å². The first-order valence-corrected chi connectivity index (χ1v) is 10.7. The van der Waals surface area contributed by atoms with Gasteiger partial charge in [0.05, 0.1) is 30.8 Å². The van der Waals surface area contributed by atoms with Crippen LogP contribution in [0.3, 0.4) is 0 Å². The van der Waals surface area contributed by atoms with E-state index in [0.29, 0.717) is 37.4 Å². The average molecular weight is 463 g/mol. The third kappa shape index (κ3) is 4.83. The molecule has 1 amide bonds. The number of rotatable bonds is 3. The third-order valence-electron chi connectivity index (χ3n) is 6.08. The average Bonchev–Trinajstić information content (AvgIpc) is 3.02. The van der Waals surface area contributed by atoms with Crippen molar-refractivity contribution in [1.29, 1.82) is 0 Å². The number of benzene rings is 2. The summed E-state index contributed by atoms with van der Waals surface area (Å²) >= 11 is 0. The molecule has 6 nitrogen and oxygen atoms in total. The summed E-state index contributed by atoms with van der Waals surface area (Å²) < 4.78 is 57.4. The van der Waals surface area contributed by atoms with Crippen molar-refractivity contribution >= 4 is 11.9 Å². The van der Waals surface area contributed by atoms with Crippen LogP contribution in [0.1, 0.15) is 45.9 Å². The molecule has 2 aromatic rings. The SMILES string of the molecule is COC(=O)c1ccc2c(c1)OCC(c1ccccc1C(F)(F)F)N(C(=O)C1CCOCC1)C2. The summed E-state index contributed by atoms with van der Waals surface area (Å²) in [5, 5.41) is 0. The highest BCUT2D eigenvalue weighted by Crippen LogP contribution is 2.40. The number of nitrogens with zero attached hydrogens (tertiary/aromatic N) is 1. The molecular weight excluding hydrogens is 439 g/mol. The van der Waals surface area contributed by atoms with E-state index in [9.17, 15) is 22.8 Å². The lowest BCUT2D eigenvalue weighted by Crippen LogP contribution is -2.42. The van der Waals surface area contributed by atoms with Crippen molar-refractivity contribution in [3.8, 4) is 5.75 Å². The van der Waals surface area contributed by atoms with E-state index in [2.05, 4.69) is 0 Å². The molecule has 4 rings (SSSR count). The van der Waals surface area contributed by atoms with Gasteiger partial charge in [0.25, 0.3) is 0 Å². The summed E-state index contributed by atoms with van der Waals surface area (Å²) in [6.45, 7) is 0.747. The van der Waals surface area contributed by atoms with Crippen LogP contribution >= 0.6 is 0 Å². The molecule has 0 saturated carbocycles. The zero-order chi connectivity index (χ0) is 23.6. The van der Waals surface area contributed by atoms with E-state index in [-0.39, 0.29) is 36.1 Å². The Balaban J connectivity index is 1.76. The van der Waals surface area contributed by atoms with Crippen molar-refractivity contribution < 1.29 is 37.0 Å². The minimum absolute atomic E-state index is 0.0218. The minimum atomic E-state index is -4.58. The molecule has 0 spiro atoms. The first-order chi connectivity index (χ1) is 15.8. The van der Waals surface area contributed by atoms with Gasteiger partial charge in [-0.3, -0.25) is 4.79 Å². The maximum absolute atomic E-state index is 13.8. The van der Waals surface area contributed by atoms with Crippen molar-refractivity contribution in [2.24, 2.45) is 5.92 Å². The van der Waals surface area contributed by atoms with Crippen LogP contribution in [0.5, 0.6) is 5.75 Å². The zero-order valence-corrected chi connectivity index (χ0v) is 18.1. The van der Waals surface area contributed by atoms with E-state index < -0.39 is 23.8 Å². The largest absolute Gasteiger partial charge is 0.491 e. The molecule has 2 heterocycles. The first-order valence-electron chi connectivity index (χ1n) is 10.7. The van der Waals surface area contributed by atoms with Crippen LogP contribution in [0.4, 0.5) is 13.2 Å². The number of ether oxygens (including phenoxy) is 3. The Bertz CT molecular complexity index is 1030. The Labute approximate surface area is 189 Å². The number of alkyl halides is 3. The van der Waals surface area contributed by atoms with Gasteiger partial charge < -0.3 is 19.1 Å². The van der Waals surface area contributed by atoms with Gasteiger partial charge in [-0.2, -0.15) is 13.2 Å². The van der Waals surface area contributed by atoms with E-state index in [1.807, 2.05) is 0 Å². The Morgan fingerprint density at radius 3 is 2.52 bits per heavy atom. The van der Waals surface area contributed by atoms with Crippen LogP contribution in [0.2, 0.25) is 0 Å². The topological polar surface area (TPSA) is 65.1 Å². The highest BCUT2D eigenvalue weighted by atomic mass is 19.4. The number of amides is 1. The molecule has 2 aliphatic rings. The fraction of sp³-hybridized carbons (Fsp3) is 0.417. The molecular formula is C24H24F3NO5. The summed E-state index contributed by atoms with van der Waals surface area (Å²) in [6.07, 6.45) is -3.56. The maximum atomic E-state index is 13.8. The molecule has 9 heteroatoms. The molecule has 0 radical (unpaired) electrons. The fourth-order valence-corrected chi connectivity index (χ4v) is 4.33. The quantitative estimate of drug-likeness (QED) is 0.632. The molecule has 33 heavy (non-hydrogen) atoms. The van der Waals surface area contributed by atoms with E-state index >= 15 is 0 Å². The monoisotopic (exact) mass is 463 g/mol. The molecule has 2 aliphatic heterocycles. The summed E-state index contributed by atoms with van der Waals surface area (Å²) in [5.41, 5.74) is 0.0405. The van der Waals surface area contributed by atoms with Gasteiger partial charge in [-0.25, -0.2) is 4.79 Å². The number of methoxy groups -OCH3 is 1. The smallest absolute Gasteiger partial charge is 0.416 e. The van der Waals surface area contributed by atoms with Crippen LogP contribution in [0.25, 0.3) is 0 Å². The van der Waals surface area contributed by atoms with Gasteiger partial charge in [0, 0.05) is 24.7 Å². The second-order valence-electron chi connectivity index (χ2n) is 8.08. The fourth-order valence-electron chi connectivity index (χ4n) is 4.33. The Morgan fingerprint density at radius 2 is 1.82 bits per heavy atom. The van der Waals surface area contributed by atoms with Gasteiger partial charge in [0.2, 0.25) is 5.91 Å². The second kappa shape index (κ2) is 9.43. The number of carbonyl (C=O) groups excluding carboxylic acids is 2. The Kier molecular flexibility index (Phi) is 6.60. The maximum Gasteiger partial charge on any atom is 0.416 e. The molecule has 0 aromatic heterocycles. The lowest BCUT2D eigenvalue weighted by molar-refractivity contribution is -0.145. The number of hydrogen-bond acceptors (Lipinski definition) is 5. The predicted octanol–water partition coefficient (Wildman–Crippen LogP) is 4.38. The number of halogens is 3. The normalized spacial score (nSPS) is 19.3. The van der Waals surface area contributed by atoms with Gasteiger partial charge in [-0.1, -0.05) is 24.3 Å². The molecule has 1 fully saturated rings. The molecule has 1 atom stereocenters. The number of fused-ring (bicyclic) bond motifs is 1. The van der Waals surface area contributed by atoms with Gasteiger partial charge in [-0.15, -0.1) is 0 Å². The van der Waals surface area contributed by atoms with Crippen LogP contribution in [-0.2, 0) is 27.0 Å². The summed E-state index contributed by atoms with van der Waals surface area (Å²) in [6, 6.07) is 8.99. The number of hydrogen-bond donors (Lipinski definition) is 0. The second-order valence-corrected chi connectivity index (χ2v) is 8.08. The highest BCUT2D eigenvalue weighted by Gasteiger charge is 2.40. The Hall–Kier alpha value is -3.07. The van der Waals surface area contributed by atoms with E-state index in [1.54, 1.807) is 12.1 Å². The predicted molar refractivity (Wildman–Crippen MR) is 112 cm³/mol. The Morgan fingerprint density at radius 1 is 1.09 bits per heavy atom. The highest BCUT2D eigenvalue weighted by molar-refractivity contribution is 5.90. The lowest BCUT2D eigenvalue weighted by atomic mass is 9.94. The molecule has 1 saturated heterocycles. The zero-order valence-electron chi connectivity index (χ0n) is 18.1. The van der Waals surface area contributed by atoms with E-state index in [4.69, 9.17) is 14.2 Å². The van der Waals surface area contributed by atoms with Crippen molar-refractivity contribution in [2.75, 3.05) is 26.9 Å². The van der Waals surface area contributed by atoms with Crippen LogP contribution in [0, 0.1) is 5.92 Å². The van der Waals surface area contributed by atoms with Crippen molar-refractivity contribution in [3.05, 3.63) is 64.7 Å². The van der Waals surface area contributed by atoms with Crippen molar-refractivity contribution in [1.82, 2.24) is 4.90 Å². The van der Waals surface area contributed by atoms with Gasteiger partial charge in [0.1, 0.15) is 12.4 Å². The van der Waals surface area contributed by atoms with Crippen LogP contribution in [0.15, 0.2) is 42.5 Å². The molecule has 0 N–H and O–H groups in total. The summed E-state index contributed by atoms with van der Waals surface area (Å²) in [7, 11) is 1.26. The first kappa shape index (κ1) is 23.1. The standard InChI is InChI=1S/C24H24F3NO5/c1-31-23(30)16-6-7-17-13-28(22(29)15-8-10-32-11-9-15)20(14-33-21(17)12-16)18-4-2-3-5-19(18)24(25,26)27/h2-7,12,15,20H,8-11,13-14H2,1H3. The lowest BCUT2D eigenvalue weighted by Gasteiger charge is -2.35. The molecule has 176 valence electrons.